The number of hydrogen-bond donors (Lipinski definition) is 0. The van der Waals surface area contributed by atoms with Crippen LogP contribution in [0.1, 0.15) is 40.7 Å². The van der Waals surface area contributed by atoms with Gasteiger partial charge in [-0.2, -0.15) is 0 Å². The number of piperazine rings is 1. The Labute approximate surface area is 183 Å². The van der Waals surface area contributed by atoms with Gasteiger partial charge in [0.25, 0.3) is 11.6 Å². The minimum Gasteiger partial charge on any atom is -0.368 e. The minimum atomic E-state index is -0.284. The number of carbonyl (C=O) groups excluding carboxylic acids is 1. The summed E-state index contributed by atoms with van der Waals surface area (Å²) in [5, 5.41) is 11.6. The Morgan fingerprint density at radius 1 is 0.839 bits per heavy atom. The molecule has 0 N–H and O–H groups in total. The molecule has 2 aliphatic heterocycles. The molecule has 0 bridgehead atoms. The highest BCUT2D eigenvalue weighted by Crippen LogP contribution is 2.34. The molecule has 0 aliphatic carbocycles. The van der Waals surface area contributed by atoms with E-state index < -0.39 is 0 Å². The lowest BCUT2D eigenvalue weighted by Crippen LogP contribution is -2.48. The van der Waals surface area contributed by atoms with E-state index in [-0.39, 0.29) is 16.5 Å². The van der Waals surface area contributed by atoms with Crippen LogP contribution in [0.4, 0.5) is 17.1 Å². The van der Waals surface area contributed by atoms with E-state index in [0.29, 0.717) is 26.2 Å². The number of benzene rings is 2. The summed E-state index contributed by atoms with van der Waals surface area (Å²) in [5.41, 5.74) is 4.93. The molecule has 0 atom stereocenters. The highest BCUT2D eigenvalue weighted by atomic mass is 16.6. The van der Waals surface area contributed by atoms with Crippen LogP contribution in [-0.4, -0.2) is 55.0 Å². The van der Waals surface area contributed by atoms with Crippen LogP contribution in [0.5, 0.6) is 0 Å². The third kappa shape index (κ3) is 4.50. The lowest BCUT2D eigenvalue weighted by molar-refractivity contribution is -0.384. The quantitative estimate of drug-likeness (QED) is 0.546. The van der Waals surface area contributed by atoms with Crippen LogP contribution >= 0.6 is 0 Å². The summed E-state index contributed by atoms with van der Waals surface area (Å²) in [6, 6.07) is 11.3. The van der Waals surface area contributed by atoms with Crippen LogP contribution in [0.2, 0.25) is 0 Å². The van der Waals surface area contributed by atoms with E-state index in [2.05, 4.69) is 9.80 Å². The lowest BCUT2D eigenvalue weighted by atomic mass is 10.1. The van der Waals surface area contributed by atoms with Gasteiger partial charge in [-0.25, -0.2) is 0 Å². The second-order valence-corrected chi connectivity index (χ2v) is 8.56. The van der Waals surface area contributed by atoms with E-state index in [1.807, 2.05) is 49.1 Å². The van der Waals surface area contributed by atoms with E-state index in [9.17, 15) is 14.9 Å². The molecular formula is C24H30N4O3. The molecule has 4 rings (SSSR count). The molecule has 2 heterocycles. The number of nitro benzene ring substituents is 1. The first kappa shape index (κ1) is 21.2. The van der Waals surface area contributed by atoms with Crippen molar-refractivity contribution >= 4 is 23.0 Å². The maximum atomic E-state index is 12.9. The third-order valence-electron chi connectivity index (χ3n) is 6.54. The lowest BCUT2D eigenvalue weighted by Gasteiger charge is -2.37. The fraction of sp³-hybridized carbons (Fsp3) is 0.458. The first-order valence-corrected chi connectivity index (χ1v) is 11.1. The Morgan fingerprint density at radius 2 is 1.55 bits per heavy atom. The van der Waals surface area contributed by atoms with E-state index in [4.69, 9.17) is 0 Å². The van der Waals surface area contributed by atoms with Crippen LogP contribution in [0, 0.1) is 24.0 Å². The van der Waals surface area contributed by atoms with Gasteiger partial charge >= 0.3 is 0 Å². The summed E-state index contributed by atoms with van der Waals surface area (Å²) >= 11 is 0. The monoisotopic (exact) mass is 422 g/mol. The molecule has 0 aromatic heterocycles. The zero-order valence-corrected chi connectivity index (χ0v) is 18.3. The first-order chi connectivity index (χ1) is 14.9. The molecule has 2 fully saturated rings. The summed E-state index contributed by atoms with van der Waals surface area (Å²) < 4.78 is 0. The molecule has 0 unspecified atom stereocenters. The number of aryl methyl sites for hydroxylation is 2. The van der Waals surface area contributed by atoms with Crippen molar-refractivity contribution in [3.63, 3.8) is 0 Å². The fourth-order valence-corrected chi connectivity index (χ4v) is 4.48. The van der Waals surface area contributed by atoms with Crippen molar-refractivity contribution in [2.75, 3.05) is 49.1 Å². The number of anilines is 2. The van der Waals surface area contributed by atoms with Crippen molar-refractivity contribution < 1.29 is 9.72 Å². The Bertz CT molecular complexity index is 977. The largest absolute Gasteiger partial charge is 0.368 e. The van der Waals surface area contributed by atoms with Gasteiger partial charge in [-0.3, -0.25) is 14.9 Å². The molecule has 0 radical (unpaired) electrons. The molecule has 2 aromatic rings. The summed E-state index contributed by atoms with van der Waals surface area (Å²) in [5.74, 6) is 0.0699. The first-order valence-electron chi connectivity index (χ1n) is 11.1. The van der Waals surface area contributed by atoms with Gasteiger partial charge in [-0.15, -0.1) is 0 Å². The van der Waals surface area contributed by atoms with Crippen molar-refractivity contribution in [2.45, 2.75) is 33.1 Å². The van der Waals surface area contributed by atoms with Crippen molar-refractivity contribution in [3.8, 4) is 0 Å². The van der Waals surface area contributed by atoms with Crippen LogP contribution < -0.4 is 9.80 Å². The zero-order valence-electron chi connectivity index (χ0n) is 18.3. The van der Waals surface area contributed by atoms with Crippen molar-refractivity contribution in [1.29, 1.82) is 0 Å². The van der Waals surface area contributed by atoms with Gasteiger partial charge in [-0.1, -0.05) is 6.07 Å². The highest BCUT2D eigenvalue weighted by molar-refractivity contribution is 5.94. The molecular weight excluding hydrogens is 392 g/mol. The Balaban J connectivity index is 1.47. The van der Waals surface area contributed by atoms with Gasteiger partial charge in [0.1, 0.15) is 5.69 Å². The van der Waals surface area contributed by atoms with Crippen LogP contribution in [-0.2, 0) is 0 Å². The molecule has 2 aliphatic rings. The van der Waals surface area contributed by atoms with E-state index in [1.54, 1.807) is 6.07 Å². The SMILES string of the molecule is Cc1ccc(C(=O)N2CCN(c3ccc([N+](=O)[O-])c(N4CCCCC4)c3)CC2)cc1C. The number of nitrogens with zero attached hydrogens (tertiary/aromatic N) is 4. The molecule has 2 aromatic carbocycles. The van der Waals surface area contributed by atoms with Crippen molar-refractivity contribution in [1.82, 2.24) is 4.90 Å². The molecule has 7 nitrogen and oxygen atoms in total. The smallest absolute Gasteiger partial charge is 0.292 e. The maximum Gasteiger partial charge on any atom is 0.292 e. The second kappa shape index (κ2) is 8.96. The van der Waals surface area contributed by atoms with Gasteiger partial charge in [0, 0.05) is 56.6 Å². The fourth-order valence-electron chi connectivity index (χ4n) is 4.48. The average molecular weight is 423 g/mol. The molecule has 0 spiro atoms. The average Bonchev–Trinajstić information content (AvgIpc) is 2.80. The van der Waals surface area contributed by atoms with Crippen LogP contribution in [0.25, 0.3) is 0 Å². The van der Waals surface area contributed by atoms with Gasteiger partial charge in [0.15, 0.2) is 0 Å². The molecule has 1 amide bonds. The van der Waals surface area contributed by atoms with Crippen LogP contribution in [0.15, 0.2) is 36.4 Å². The Morgan fingerprint density at radius 3 is 2.19 bits per heavy atom. The van der Waals surface area contributed by atoms with E-state index in [1.165, 1.54) is 12.0 Å². The topological polar surface area (TPSA) is 69.9 Å². The summed E-state index contributed by atoms with van der Waals surface area (Å²) in [6.45, 7) is 8.51. The number of hydrogen-bond acceptors (Lipinski definition) is 5. The molecule has 2 saturated heterocycles. The molecule has 7 heteroatoms. The Hall–Kier alpha value is -3.09. The standard InChI is InChI=1S/C24H30N4O3/c1-18-6-7-20(16-19(18)2)24(29)27-14-12-25(13-15-27)21-8-9-22(28(30)31)23(17-21)26-10-4-3-5-11-26/h6-9,16-17H,3-5,10-15H2,1-2H3. The normalized spacial score (nSPS) is 17.0. The molecule has 31 heavy (non-hydrogen) atoms. The van der Waals surface area contributed by atoms with Gasteiger partial charge in [0.2, 0.25) is 0 Å². The number of nitro groups is 1. The van der Waals surface area contributed by atoms with Crippen molar-refractivity contribution in [2.24, 2.45) is 0 Å². The Kier molecular flexibility index (Phi) is 6.11. The number of piperidine rings is 1. The second-order valence-electron chi connectivity index (χ2n) is 8.56. The van der Waals surface area contributed by atoms with Gasteiger partial charge < -0.3 is 14.7 Å². The maximum absolute atomic E-state index is 12.9. The zero-order chi connectivity index (χ0) is 22.0. The predicted molar refractivity (Wildman–Crippen MR) is 123 cm³/mol. The third-order valence-corrected chi connectivity index (χ3v) is 6.54. The highest BCUT2D eigenvalue weighted by Gasteiger charge is 2.26. The summed E-state index contributed by atoms with van der Waals surface area (Å²) in [6.07, 6.45) is 3.32. The van der Waals surface area contributed by atoms with Crippen molar-refractivity contribution in [3.05, 3.63) is 63.2 Å². The number of rotatable bonds is 4. The predicted octanol–water partition coefficient (Wildman–Crippen LogP) is 4.16. The van der Waals surface area contributed by atoms with E-state index in [0.717, 1.165) is 48.4 Å². The number of carbonyl (C=O) groups is 1. The summed E-state index contributed by atoms with van der Waals surface area (Å²) in [7, 11) is 0. The van der Waals surface area contributed by atoms with Crippen LogP contribution in [0.3, 0.4) is 0 Å². The molecule has 0 saturated carbocycles. The number of amides is 1. The molecule has 164 valence electrons. The van der Waals surface area contributed by atoms with Gasteiger partial charge in [-0.05, 0) is 68.5 Å². The summed E-state index contributed by atoms with van der Waals surface area (Å²) in [4.78, 5) is 30.5. The van der Waals surface area contributed by atoms with Gasteiger partial charge in [0.05, 0.1) is 4.92 Å². The minimum absolute atomic E-state index is 0.0699. The van der Waals surface area contributed by atoms with E-state index >= 15 is 0 Å².